The Labute approximate surface area is 113 Å². The summed E-state index contributed by atoms with van der Waals surface area (Å²) in [5.74, 6) is 0. The fraction of sp³-hybridized carbons (Fsp3) is 0.875. The maximum atomic E-state index is 3.67. The van der Waals surface area contributed by atoms with E-state index in [0.29, 0.717) is 11.5 Å². The molecule has 0 aromatic carbocycles. The first kappa shape index (κ1) is 14.1. The molecule has 2 aliphatic rings. The van der Waals surface area contributed by atoms with Crippen LogP contribution in [0.3, 0.4) is 0 Å². The summed E-state index contributed by atoms with van der Waals surface area (Å²) in [7, 11) is 0. The molecular formula is C16H30N2. The predicted octanol–water partition coefficient (Wildman–Crippen LogP) is 3.20. The summed E-state index contributed by atoms with van der Waals surface area (Å²) in [5, 5.41) is 3.67. The average molecular weight is 250 g/mol. The molecule has 0 bridgehead atoms. The van der Waals surface area contributed by atoms with Gasteiger partial charge < -0.3 is 10.2 Å². The molecular weight excluding hydrogens is 220 g/mol. The lowest BCUT2D eigenvalue weighted by molar-refractivity contribution is 0.135. The van der Waals surface area contributed by atoms with Crippen molar-refractivity contribution in [3.05, 3.63) is 11.6 Å². The van der Waals surface area contributed by atoms with Crippen LogP contribution < -0.4 is 5.32 Å². The van der Waals surface area contributed by atoms with Crippen molar-refractivity contribution < 1.29 is 0 Å². The molecule has 0 aromatic heterocycles. The van der Waals surface area contributed by atoms with Crippen LogP contribution in [0.15, 0.2) is 11.6 Å². The van der Waals surface area contributed by atoms with Crippen LogP contribution >= 0.6 is 0 Å². The summed E-state index contributed by atoms with van der Waals surface area (Å²) in [5.41, 5.74) is 2.09. The zero-order valence-electron chi connectivity index (χ0n) is 12.5. The number of piperazine rings is 1. The lowest BCUT2D eigenvalue weighted by Gasteiger charge is -2.40. The third kappa shape index (κ3) is 4.10. The van der Waals surface area contributed by atoms with Gasteiger partial charge in [-0.3, -0.25) is 0 Å². The molecule has 1 N–H and O–H groups in total. The molecule has 104 valence electrons. The zero-order chi connectivity index (χ0) is 13.0. The summed E-state index contributed by atoms with van der Waals surface area (Å²) in [6, 6.07) is 0.645. The maximum Gasteiger partial charge on any atom is 0.0244 e. The minimum absolute atomic E-state index is 0.378. The molecule has 1 aliphatic heterocycles. The summed E-state index contributed by atoms with van der Waals surface area (Å²) < 4.78 is 0. The van der Waals surface area contributed by atoms with Gasteiger partial charge in [-0.25, -0.2) is 0 Å². The van der Waals surface area contributed by atoms with Crippen molar-refractivity contribution in [3.8, 4) is 0 Å². The molecule has 1 atom stereocenters. The normalized spacial score (nSPS) is 27.1. The van der Waals surface area contributed by atoms with Crippen molar-refractivity contribution in [1.82, 2.24) is 10.2 Å². The molecule has 1 aliphatic carbocycles. The van der Waals surface area contributed by atoms with Crippen LogP contribution in [0, 0.1) is 5.41 Å². The minimum Gasteiger partial charge on any atom is -0.311 e. The van der Waals surface area contributed by atoms with Crippen LogP contribution in [0.5, 0.6) is 0 Å². The number of nitrogens with zero attached hydrogens (tertiary/aromatic N) is 1. The van der Waals surface area contributed by atoms with Gasteiger partial charge in [-0.2, -0.15) is 0 Å². The minimum atomic E-state index is 0.378. The van der Waals surface area contributed by atoms with Crippen molar-refractivity contribution in [2.75, 3.05) is 26.2 Å². The van der Waals surface area contributed by atoms with Crippen molar-refractivity contribution in [2.45, 2.75) is 58.9 Å². The van der Waals surface area contributed by atoms with Crippen LogP contribution in [0.2, 0.25) is 0 Å². The third-order valence-electron chi connectivity index (χ3n) is 4.44. The second-order valence-electron chi connectivity index (χ2n) is 7.03. The highest BCUT2D eigenvalue weighted by Crippen LogP contribution is 2.23. The van der Waals surface area contributed by atoms with Gasteiger partial charge in [0.25, 0.3) is 0 Å². The third-order valence-corrected chi connectivity index (χ3v) is 4.44. The lowest BCUT2D eigenvalue weighted by atomic mass is 9.85. The second kappa shape index (κ2) is 6.21. The van der Waals surface area contributed by atoms with Crippen LogP contribution in [0.25, 0.3) is 0 Å². The quantitative estimate of drug-likeness (QED) is 0.774. The van der Waals surface area contributed by atoms with E-state index in [-0.39, 0.29) is 0 Å². The van der Waals surface area contributed by atoms with Gasteiger partial charge in [-0.05, 0) is 37.5 Å². The SMILES string of the molecule is CC(C)(C)C1CN(CCC2=CCCCC2)CCN1. The highest BCUT2D eigenvalue weighted by Gasteiger charge is 2.28. The Kier molecular flexibility index (Phi) is 4.85. The van der Waals surface area contributed by atoms with E-state index < -0.39 is 0 Å². The van der Waals surface area contributed by atoms with Gasteiger partial charge >= 0.3 is 0 Å². The predicted molar refractivity (Wildman–Crippen MR) is 78.9 cm³/mol. The molecule has 2 heteroatoms. The Hall–Kier alpha value is -0.340. The molecule has 2 rings (SSSR count). The van der Waals surface area contributed by atoms with E-state index in [4.69, 9.17) is 0 Å². The number of hydrogen-bond donors (Lipinski definition) is 1. The molecule has 0 amide bonds. The largest absolute Gasteiger partial charge is 0.311 e. The van der Waals surface area contributed by atoms with E-state index in [9.17, 15) is 0 Å². The number of allylic oxidation sites excluding steroid dienone is 1. The van der Waals surface area contributed by atoms with E-state index in [0.717, 1.165) is 6.54 Å². The number of rotatable bonds is 3. The summed E-state index contributed by atoms with van der Waals surface area (Å²) in [6.07, 6.45) is 9.29. The van der Waals surface area contributed by atoms with E-state index >= 15 is 0 Å². The molecule has 1 saturated heterocycles. The first-order chi connectivity index (χ1) is 8.55. The fourth-order valence-electron chi connectivity index (χ4n) is 3.03. The van der Waals surface area contributed by atoms with E-state index in [2.05, 4.69) is 37.1 Å². The Bertz CT molecular complexity index is 288. The average Bonchev–Trinajstić information content (AvgIpc) is 2.37. The van der Waals surface area contributed by atoms with Gasteiger partial charge in [0.2, 0.25) is 0 Å². The summed E-state index contributed by atoms with van der Waals surface area (Å²) >= 11 is 0. The van der Waals surface area contributed by atoms with Gasteiger partial charge in [-0.15, -0.1) is 0 Å². The highest BCUT2D eigenvalue weighted by molar-refractivity contribution is 5.05. The molecule has 18 heavy (non-hydrogen) atoms. The zero-order valence-corrected chi connectivity index (χ0v) is 12.5. The topological polar surface area (TPSA) is 15.3 Å². The maximum absolute atomic E-state index is 3.67. The van der Waals surface area contributed by atoms with Gasteiger partial charge in [-0.1, -0.05) is 32.4 Å². The molecule has 2 nitrogen and oxygen atoms in total. The standard InChI is InChI=1S/C16H30N2/c1-16(2,3)15-13-18(12-10-17-15)11-9-14-7-5-4-6-8-14/h7,15,17H,4-6,8-13H2,1-3H3. The van der Waals surface area contributed by atoms with Crippen LogP contribution in [-0.4, -0.2) is 37.1 Å². The van der Waals surface area contributed by atoms with Crippen molar-refractivity contribution in [1.29, 1.82) is 0 Å². The van der Waals surface area contributed by atoms with Gasteiger partial charge in [0.05, 0.1) is 0 Å². The smallest absolute Gasteiger partial charge is 0.0244 e. The number of hydrogen-bond acceptors (Lipinski definition) is 2. The van der Waals surface area contributed by atoms with Gasteiger partial charge in [0, 0.05) is 32.2 Å². The molecule has 0 spiro atoms. The van der Waals surface area contributed by atoms with E-state index in [1.807, 2.05) is 0 Å². The molecule has 0 aromatic rings. The Morgan fingerprint density at radius 1 is 1.33 bits per heavy atom. The molecule has 1 heterocycles. The molecule has 0 saturated carbocycles. The van der Waals surface area contributed by atoms with E-state index in [1.165, 1.54) is 51.7 Å². The van der Waals surface area contributed by atoms with Crippen molar-refractivity contribution in [3.63, 3.8) is 0 Å². The molecule has 1 unspecified atom stereocenters. The van der Waals surface area contributed by atoms with Crippen LogP contribution in [0.1, 0.15) is 52.9 Å². The van der Waals surface area contributed by atoms with Crippen LogP contribution in [-0.2, 0) is 0 Å². The first-order valence-corrected chi connectivity index (χ1v) is 7.69. The molecule has 1 fully saturated rings. The van der Waals surface area contributed by atoms with Crippen molar-refractivity contribution in [2.24, 2.45) is 5.41 Å². The molecule has 0 radical (unpaired) electrons. The van der Waals surface area contributed by atoms with Crippen LogP contribution in [0.4, 0.5) is 0 Å². The summed E-state index contributed by atoms with van der Waals surface area (Å²) in [6.45, 7) is 11.9. The lowest BCUT2D eigenvalue weighted by Crippen LogP contribution is -2.55. The Morgan fingerprint density at radius 2 is 2.17 bits per heavy atom. The van der Waals surface area contributed by atoms with Gasteiger partial charge in [0.1, 0.15) is 0 Å². The van der Waals surface area contributed by atoms with E-state index in [1.54, 1.807) is 5.57 Å². The summed E-state index contributed by atoms with van der Waals surface area (Å²) in [4.78, 5) is 2.65. The number of nitrogens with one attached hydrogen (secondary N) is 1. The second-order valence-corrected chi connectivity index (χ2v) is 7.03. The van der Waals surface area contributed by atoms with Crippen molar-refractivity contribution >= 4 is 0 Å². The first-order valence-electron chi connectivity index (χ1n) is 7.69. The highest BCUT2D eigenvalue weighted by atomic mass is 15.2. The van der Waals surface area contributed by atoms with Gasteiger partial charge in [0.15, 0.2) is 0 Å². The monoisotopic (exact) mass is 250 g/mol. The Morgan fingerprint density at radius 3 is 2.83 bits per heavy atom. The fourth-order valence-corrected chi connectivity index (χ4v) is 3.03. The Balaban J connectivity index is 1.77.